The van der Waals surface area contributed by atoms with Crippen LogP contribution in [0, 0.1) is 0 Å². The first-order chi connectivity index (χ1) is 13.2. The molecule has 4 rings (SSSR count). The van der Waals surface area contributed by atoms with Gasteiger partial charge in [-0.05, 0) is 44.8 Å². The van der Waals surface area contributed by atoms with Crippen LogP contribution in [0.15, 0.2) is 24.5 Å². The van der Waals surface area contributed by atoms with E-state index in [4.69, 9.17) is 11.6 Å². The fraction of sp³-hybridized carbons (Fsp3) is 0.474. The van der Waals surface area contributed by atoms with Gasteiger partial charge in [0.15, 0.2) is 5.15 Å². The maximum absolute atomic E-state index is 13.1. The van der Waals surface area contributed by atoms with Crippen LogP contribution in [-0.4, -0.2) is 63.7 Å². The number of alkyl halides is 3. The molecule has 0 spiro atoms. The van der Waals surface area contributed by atoms with Crippen molar-refractivity contribution in [2.24, 2.45) is 0 Å². The predicted molar refractivity (Wildman–Crippen MR) is 103 cm³/mol. The minimum atomic E-state index is -4.37. The van der Waals surface area contributed by atoms with Crippen LogP contribution in [0.1, 0.15) is 12.0 Å². The lowest BCUT2D eigenvalue weighted by Gasteiger charge is -2.24. The lowest BCUT2D eigenvalue weighted by molar-refractivity contribution is -0.139. The number of fused-ring (bicyclic) bond motifs is 3. The zero-order valence-electron chi connectivity index (χ0n) is 15.7. The highest BCUT2D eigenvalue weighted by Crippen LogP contribution is 2.34. The molecule has 9 heteroatoms. The Hall–Kier alpha value is -1.90. The van der Waals surface area contributed by atoms with E-state index in [9.17, 15) is 13.2 Å². The van der Waals surface area contributed by atoms with Crippen molar-refractivity contribution in [1.82, 2.24) is 24.3 Å². The van der Waals surface area contributed by atoms with Crippen molar-refractivity contribution in [2.75, 3.05) is 27.2 Å². The Labute approximate surface area is 165 Å². The summed E-state index contributed by atoms with van der Waals surface area (Å²) in [4.78, 5) is 12.7. The van der Waals surface area contributed by atoms with Crippen molar-refractivity contribution < 1.29 is 13.2 Å². The Bertz CT molecular complexity index is 1020. The monoisotopic (exact) mass is 411 g/mol. The molecule has 1 saturated heterocycles. The van der Waals surface area contributed by atoms with Crippen LogP contribution < -0.4 is 0 Å². The van der Waals surface area contributed by atoms with Crippen LogP contribution in [0.4, 0.5) is 13.2 Å². The van der Waals surface area contributed by atoms with E-state index in [1.807, 2.05) is 12.1 Å². The number of aromatic nitrogens is 3. The molecular formula is C19H21ClF3N5. The highest BCUT2D eigenvalue weighted by Gasteiger charge is 2.31. The molecule has 1 atom stereocenters. The van der Waals surface area contributed by atoms with E-state index >= 15 is 0 Å². The van der Waals surface area contributed by atoms with E-state index in [1.165, 1.54) is 6.33 Å². The van der Waals surface area contributed by atoms with Gasteiger partial charge in [0.05, 0.1) is 5.52 Å². The van der Waals surface area contributed by atoms with Crippen molar-refractivity contribution in [2.45, 2.75) is 31.7 Å². The SMILES string of the molecule is CN1CCC(N(C)Cc2ccc3c(c2)c2ncnc(Cl)c2n3CC(F)(F)F)C1. The quantitative estimate of drug-likeness (QED) is 0.609. The average Bonchev–Trinajstić information content (AvgIpc) is 3.17. The van der Waals surface area contributed by atoms with Crippen molar-refractivity contribution in [3.05, 3.63) is 35.2 Å². The lowest BCUT2D eigenvalue weighted by Crippen LogP contribution is -2.33. The molecule has 0 N–H and O–H groups in total. The molecule has 0 amide bonds. The second kappa shape index (κ2) is 7.17. The molecule has 0 aliphatic carbocycles. The molecule has 150 valence electrons. The van der Waals surface area contributed by atoms with E-state index in [-0.39, 0.29) is 10.7 Å². The zero-order chi connectivity index (χ0) is 20.1. The van der Waals surface area contributed by atoms with Gasteiger partial charge >= 0.3 is 6.18 Å². The average molecular weight is 412 g/mol. The molecular weight excluding hydrogens is 391 g/mol. The van der Waals surface area contributed by atoms with E-state index in [1.54, 1.807) is 6.07 Å². The number of hydrogen-bond acceptors (Lipinski definition) is 4. The van der Waals surface area contributed by atoms with Gasteiger partial charge < -0.3 is 9.47 Å². The molecule has 3 heterocycles. The number of benzene rings is 1. The fourth-order valence-electron chi connectivity index (χ4n) is 4.05. The molecule has 1 aliphatic rings. The number of nitrogens with zero attached hydrogens (tertiary/aromatic N) is 5. The van der Waals surface area contributed by atoms with E-state index < -0.39 is 12.7 Å². The molecule has 0 bridgehead atoms. The molecule has 28 heavy (non-hydrogen) atoms. The molecule has 2 aromatic heterocycles. The number of likely N-dealkylation sites (N-methyl/N-ethyl adjacent to an activating group) is 2. The van der Waals surface area contributed by atoms with Gasteiger partial charge in [-0.25, -0.2) is 9.97 Å². The summed E-state index contributed by atoms with van der Waals surface area (Å²) in [7, 11) is 4.19. The van der Waals surface area contributed by atoms with Crippen molar-refractivity contribution in [1.29, 1.82) is 0 Å². The van der Waals surface area contributed by atoms with Crippen molar-refractivity contribution in [3.8, 4) is 0 Å². The largest absolute Gasteiger partial charge is 0.406 e. The maximum atomic E-state index is 13.1. The van der Waals surface area contributed by atoms with Crippen molar-refractivity contribution in [3.63, 3.8) is 0 Å². The minimum absolute atomic E-state index is 0.0260. The fourth-order valence-corrected chi connectivity index (χ4v) is 4.29. The molecule has 0 radical (unpaired) electrons. The Morgan fingerprint density at radius 3 is 2.75 bits per heavy atom. The number of halogens is 4. The van der Waals surface area contributed by atoms with Gasteiger partial charge in [0.25, 0.3) is 0 Å². The molecule has 1 aliphatic heterocycles. The zero-order valence-corrected chi connectivity index (χ0v) is 16.4. The van der Waals surface area contributed by atoms with Gasteiger partial charge in [0.1, 0.15) is 23.9 Å². The van der Waals surface area contributed by atoms with Crippen molar-refractivity contribution >= 4 is 33.5 Å². The summed E-state index contributed by atoms with van der Waals surface area (Å²) in [5, 5.41) is 0.691. The third-order valence-electron chi connectivity index (χ3n) is 5.41. The third kappa shape index (κ3) is 3.68. The summed E-state index contributed by atoms with van der Waals surface area (Å²) in [6.07, 6.45) is -1.97. The van der Waals surface area contributed by atoms with Crippen LogP contribution in [-0.2, 0) is 13.1 Å². The predicted octanol–water partition coefficient (Wildman–Crippen LogP) is 3.94. The van der Waals surface area contributed by atoms with Gasteiger partial charge in [-0.1, -0.05) is 17.7 Å². The van der Waals surface area contributed by atoms with Crippen LogP contribution in [0.2, 0.25) is 5.15 Å². The summed E-state index contributed by atoms with van der Waals surface area (Å²) in [6.45, 7) is 1.69. The maximum Gasteiger partial charge on any atom is 0.406 e. The van der Waals surface area contributed by atoms with Crippen LogP contribution >= 0.6 is 11.6 Å². The Kier molecular flexibility index (Phi) is 4.97. The van der Waals surface area contributed by atoms with Gasteiger partial charge in [-0.3, -0.25) is 4.90 Å². The van der Waals surface area contributed by atoms with E-state index in [2.05, 4.69) is 33.9 Å². The second-order valence-corrected chi connectivity index (χ2v) is 7.89. The standard InChI is InChI=1S/C19H21ClF3N5/c1-26-6-5-13(9-26)27(2)8-12-3-4-15-14(7-12)16-17(18(20)25-11-24-16)28(15)10-19(21,22)23/h3-4,7,11,13H,5-6,8-10H2,1-2H3. The highest BCUT2D eigenvalue weighted by atomic mass is 35.5. The van der Waals surface area contributed by atoms with Gasteiger partial charge in [0.2, 0.25) is 0 Å². The van der Waals surface area contributed by atoms with Crippen LogP contribution in [0.25, 0.3) is 21.9 Å². The first kappa shape index (κ1) is 19.4. The topological polar surface area (TPSA) is 37.2 Å². The number of likely N-dealkylation sites (tertiary alicyclic amines) is 1. The first-order valence-electron chi connectivity index (χ1n) is 9.10. The summed E-state index contributed by atoms with van der Waals surface area (Å²) in [5.74, 6) is 0. The number of rotatable bonds is 4. The summed E-state index contributed by atoms with van der Waals surface area (Å²) in [5.41, 5.74) is 2.16. The summed E-state index contributed by atoms with van der Waals surface area (Å²) in [6, 6.07) is 6.00. The van der Waals surface area contributed by atoms with E-state index in [0.29, 0.717) is 22.5 Å². The van der Waals surface area contributed by atoms with Gasteiger partial charge in [0, 0.05) is 24.5 Å². The van der Waals surface area contributed by atoms with E-state index in [0.717, 1.165) is 36.2 Å². The van der Waals surface area contributed by atoms with Gasteiger partial charge in [-0.15, -0.1) is 0 Å². The highest BCUT2D eigenvalue weighted by molar-refractivity contribution is 6.34. The summed E-state index contributed by atoms with van der Waals surface area (Å²) < 4.78 is 40.6. The van der Waals surface area contributed by atoms with Crippen LogP contribution in [0.5, 0.6) is 0 Å². The second-order valence-electron chi connectivity index (χ2n) is 7.53. The van der Waals surface area contributed by atoms with Gasteiger partial charge in [-0.2, -0.15) is 13.2 Å². The smallest absolute Gasteiger partial charge is 0.327 e. The minimum Gasteiger partial charge on any atom is -0.327 e. The Morgan fingerprint density at radius 2 is 2.07 bits per heavy atom. The Morgan fingerprint density at radius 1 is 1.29 bits per heavy atom. The molecule has 5 nitrogen and oxygen atoms in total. The van der Waals surface area contributed by atoms with Crippen LogP contribution in [0.3, 0.4) is 0 Å². The molecule has 1 unspecified atom stereocenters. The molecule has 0 saturated carbocycles. The third-order valence-corrected chi connectivity index (χ3v) is 5.69. The Balaban J connectivity index is 1.75. The molecule has 1 fully saturated rings. The number of hydrogen-bond donors (Lipinski definition) is 0. The normalized spacial score (nSPS) is 18.8. The molecule has 1 aromatic carbocycles. The first-order valence-corrected chi connectivity index (χ1v) is 9.47. The lowest BCUT2D eigenvalue weighted by atomic mass is 10.1. The molecule has 3 aromatic rings. The summed E-state index contributed by atoms with van der Waals surface area (Å²) >= 11 is 6.13.